The number of carbonyl (C=O) groups excluding carboxylic acids is 2. The van der Waals surface area contributed by atoms with E-state index in [-0.39, 0.29) is 23.9 Å². The lowest BCUT2D eigenvalue weighted by molar-refractivity contribution is -0.161. The van der Waals surface area contributed by atoms with Gasteiger partial charge in [0, 0.05) is 12.0 Å². The maximum Gasteiger partial charge on any atom is 0.334 e. The Labute approximate surface area is 149 Å². The van der Waals surface area contributed by atoms with E-state index in [1.165, 1.54) is 0 Å². The molecule has 5 heteroatoms. The monoisotopic (exact) mass is 348 g/mol. The van der Waals surface area contributed by atoms with Gasteiger partial charge in [-0.15, -0.1) is 0 Å². The van der Waals surface area contributed by atoms with Crippen LogP contribution in [0, 0.1) is 11.8 Å². The Balaban J connectivity index is 2.37. The number of esters is 2. The fourth-order valence-corrected chi connectivity index (χ4v) is 3.32. The molecule has 0 aromatic carbocycles. The maximum atomic E-state index is 12.2. The minimum Gasteiger partial charge on any atom is -0.454 e. The molecule has 1 saturated heterocycles. The molecule has 1 aliphatic carbocycles. The van der Waals surface area contributed by atoms with Crippen molar-refractivity contribution >= 4 is 11.9 Å². The molecule has 4 atom stereocenters. The Morgan fingerprint density at radius 3 is 2.76 bits per heavy atom. The summed E-state index contributed by atoms with van der Waals surface area (Å²) in [4.78, 5) is 24.3. The van der Waals surface area contributed by atoms with Crippen LogP contribution in [0.1, 0.15) is 47.0 Å². The van der Waals surface area contributed by atoms with Crippen LogP contribution in [0.4, 0.5) is 0 Å². The second kappa shape index (κ2) is 8.00. The first-order chi connectivity index (χ1) is 11.7. The molecule has 0 aromatic rings. The van der Waals surface area contributed by atoms with Crippen LogP contribution in [0.25, 0.3) is 0 Å². The third-order valence-corrected chi connectivity index (χ3v) is 4.67. The van der Waals surface area contributed by atoms with Crippen LogP contribution in [0.2, 0.25) is 0 Å². The molecule has 0 unspecified atom stereocenters. The lowest BCUT2D eigenvalue weighted by atomic mass is 9.84. The molecular formula is C20H28O5. The van der Waals surface area contributed by atoms with Crippen LogP contribution in [0.15, 0.2) is 35.5 Å². The van der Waals surface area contributed by atoms with Gasteiger partial charge in [0.05, 0.1) is 12.0 Å². The van der Waals surface area contributed by atoms with Crippen molar-refractivity contribution in [3.05, 3.63) is 35.5 Å². The molecule has 0 spiro atoms. The second-order valence-electron chi connectivity index (χ2n) is 7.42. The Bertz CT molecular complexity index is 614. The number of hydrogen-bond acceptors (Lipinski definition) is 5. The van der Waals surface area contributed by atoms with E-state index in [9.17, 15) is 14.7 Å². The highest BCUT2D eigenvalue weighted by Gasteiger charge is 2.48. The SMILES string of the molecule is C=C1C(=O)O[C@@H]2[C@@H]1[C@H](O)/C=C(\C)CC/C=C(\C)[C@@H]2OC(=O)CC(C)C. The van der Waals surface area contributed by atoms with Crippen molar-refractivity contribution in [2.45, 2.75) is 65.3 Å². The molecule has 0 bridgehead atoms. The summed E-state index contributed by atoms with van der Waals surface area (Å²) in [6.45, 7) is 11.5. The molecule has 1 N–H and O–H groups in total. The van der Waals surface area contributed by atoms with Gasteiger partial charge >= 0.3 is 11.9 Å². The van der Waals surface area contributed by atoms with Crippen molar-refractivity contribution in [1.29, 1.82) is 0 Å². The van der Waals surface area contributed by atoms with Crippen molar-refractivity contribution in [2.24, 2.45) is 11.8 Å². The Hall–Kier alpha value is -1.88. The summed E-state index contributed by atoms with van der Waals surface area (Å²) >= 11 is 0. The summed E-state index contributed by atoms with van der Waals surface area (Å²) < 4.78 is 11.1. The van der Waals surface area contributed by atoms with E-state index in [0.29, 0.717) is 0 Å². The van der Waals surface area contributed by atoms with Crippen molar-refractivity contribution < 1.29 is 24.2 Å². The fraction of sp³-hybridized carbons (Fsp3) is 0.600. The van der Waals surface area contributed by atoms with Crippen LogP contribution in [0.5, 0.6) is 0 Å². The number of ether oxygens (including phenoxy) is 2. The summed E-state index contributed by atoms with van der Waals surface area (Å²) in [5.74, 6) is -1.33. The molecule has 1 heterocycles. The van der Waals surface area contributed by atoms with Crippen molar-refractivity contribution in [3.8, 4) is 0 Å². The van der Waals surface area contributed by atoms with Crippen LogP contribution in [0.3, 0.4) is 0 Å². The zero-order valence-electron chi connectivity index (χ0n) is 15.5. The van der Waals surface area contributed by atoms with Gasteiger partial charge < -0.3 is 14.6 Å². The van der Waals surface area contributed by atoms with E-state index in [0.717, 1.165) is 24.0 Å². The third kappa shape index (κ3) is 4.60. The number of allylic oxidation sites excluding steroid dienone is 2. The molecule has 0 saturated carbocycles. The van der Waals surface area contributed by atoms with E-state index in [1.807, 2.05) is 33.8 Å². The highest BCUT2D eigenvalue weighted by atomic mass is 16.6. The number of rotatable bonds is 3. The Morgan fingerprint density at radius 2 is 2.12 bits per heavy atom. The second-order valence-corrected chi connectivity index (χ2v) is 7.42. The van der Waals surface area contributed by atoms with Gasteiger partial charge in [-0.1, -0.05) is 38.2 Å². The van der Waals surface area contributed by atoms with Crippen LogP contribution in [-0.4, -0.2) is 35.4 Å². The number of hydrogen-bond donors (Lipinski definition) is 1. The lowest BCUT2D eigenvalue weighted by Crippen LogP contribution is -2.41. The number of aliphatic hydroxyl groups excluding tert-OH is 1. The van der Waals surface area contributed by atoms with Gasteiger partial charge in [0.15, 0.2) is 12.2 Å². The van der Waals surface area contributed by atoms with Gasteiger partial charge in [0.1, 0.15) is 0 Å². The van der Waals surface area contributed by atoms with Crippen molar-refractivity contribution in [3.63, 3.8) is 0 Å². The smallest absolute Gasteiger partial charge is 0.334 e. The van der Waals surface area contributed by atoms with Gasteiger partial charge in [-0.25, -0.2) is 4.79 Å². The molecule has 138 valence electrons. The molecule has 0 aromatic heterocycles. The van der Waals surface area contributed by atoms with E-state index in [4.69, 9.17) is 9.47 Å². The Morgan fingerprint density at radius 1 is 1.44 bits per heavy atom. The van der Waals surface area contributed by atoms with Gasteiger partial charge in [-0.2, -0.15) is 0 Å². The molecule has 0 radical (unpaired) electrons. The zero-order chi connectivity index (χ0) is 18.7. The van der Waals surface area contributed by atoms with Crippen molar-refractivity contribution in [1.82, 2.24) is 0 Å². The predicted molar refractivity (Wildman–Crippen MR) is 94.6 cm³/mol. The fourth-order valence-electron chi connectivity index (χ4n) is 3.32. The van der Waals surface area contributed by atoms with Gasteiger partial charge in [0.2, 0.25) is 0 Å². The molecule has 2 rings (SSSR count). The summed E-state index contributed by atoms with van der Waals surface area (Å²) in [6.07, 6.45) is 3.23. The molecule has 0 amide bonds. The lowest BCUT2D eigenvalue weighted by Gasteiger charge is -2.30. The summed E-state index contributed by atoms with van der Waals surface area (Å²) in [5.41, 5.74) is 2.09. The average molecular weight is 348 g/mol. The molecule has 5 nitrogen and oxygen atoms in total. The predicted octanol–water partition coefficient (Wildman–Crippen LogP) is 3.09. The summed E-state index contributed by atoms with van der Waals surface area (Å²) in [7, 11) is 0. The van der Waals surface area contributed by atoms with Crippen LogP contribution in [-0.2, 0) is 19.1 Å². The Kier molecular flexibility index (Phi) is 6.22. The summed E-state index contributed by atoms with van der Waals surface area (Å²) in [6, 6.07) is 0. The highest BCUT2D eigenvalue weighted by molar-refractivity contribution is 5.91. The third-order valence-electron chi connectivity index (χ3n) is 4.67. The first-order valence-electron chi connectivity index (χ1n) is 8.82. The number of aliphatic hydroxyl groups is 1. The normalized spacial score (nSPS) is 34.5. The quantitative estimate of drug-likeness (QED) is 0.482. The van der Waals surface area contributed by atoms with Gasteiger partial charge in [-0.05, 0) is 38.2 Å². The van der Waals surface area contributed by atoms with E-state index in [2.05, 4.69) is 6.58 Å². The highest BCUT2D eigenvalue weighted by Crippen LogP contribution is 2.36. The molecular weight excluding hydrogens is 320 g/mol. The topological polar surface area (TPSA) is 72.8 Å². The van der Waals surface area contributed by atoms with Gasteiger partial charge in [0.25, 0.3) is 0 Å². The standard InChI is InChI=1S/C20H28O5/c1-11(2)9-16(22)24-18-13(4)8-6-7-12(3)10-15(21)17-14(5)20(23)25-19(17)18/h8,10-11,15,17-19,21H,5-7,9H2,1-4H3/b12-10+,13-8+/t15-,17+,18+,19-/m1/s1. The molecule has 25 heavy (non-hydrogen) atoms. The number of fused-ring (bicyclic) bond motifs is 1. The van der Waals surface area contributed by atoms with Crippen LogP contribution < -0.4 is 0 Å². The van der Waals surface area contributed by atoms with E-state index >= 15 is 0 Å². The maximum absolute atomic E-state index is 12.2. The van der Waals surface area contributed by atoms with Crippen molar-refractivity contribution in [2.75, 3.05) is 0 Å². The van der Waals surface area contributed by atoms with Crippen LogP contribution >= 0.6 is 0 Å². The average Bonchev–Trinajstić information content (AvgIpc) is 2.78. The number of carbonyl (C=O) groups is 2. The largest absolute Gasteiger partial charge is 0.454 e. The molecule has 1 aliphatic heterocycles. The zero-order valence-corrected chi connectivity index (χ0v) is 15.5. The molecule has 2 aliphatic rings. The van der Waals surface area contributed by atoms with E-state index < -0.39 is 30.2 Å². The first-order valence-corrected chi connectivity index (χ1v) is 8.82. The minimum atomic E-state index is -0.902. The first kappa shape index (κ1) is 19.4. The minimum absolute atomic E-state index is 0.171. The summed E-state index contributed by atoms with van der Waals surface area (Å²) in [5, 5.41) is 10.6. The van der Waals surface area contributed by atoms with E-state index in [1.54, 1.807) is 6.08 Å². The molecule has 1 fully saturated rings. The van der Waals surface area contributed by atoms with Gasteiger partial charge in [-0.3, -0.25) is 4.79 Å².